The summed E-state index contributed by atoms with van der Waals surface area (Å²) in [5.74, 6) is -1.37. The highest BCUT2D eigenvalue weighted by Crippen LogP contribution is 2.31. The molecule has 3 rings (SSSR count). The highest BCUT2D eigenvalue weighted by molar-refractivity contribution is 8.00. The molecule has 6 nitrogen and oxygen atoms in total. The van der Waals surface area contributed by atoms with Crippen LogP contribution in [0.5, 0.6) is 0 Å². The van der Waals surface area contributed by atoms with Crippen molar-refractivity contribution in [2.45, 2.75) is 23.0 Å². The van der Waals surface area contributed by atoms with Gasteiger partial charge in [-0.25, -0.2) is 14.8 Å². The van der Waals surface area contributed by atoms with Gasteiger partial charge in [-0.15, -0.1) is 11.8 Å². The van der Waals surface area contributed by atoms with Gasteiger partial charge in [-0.3, -0.25) is 4.79 Å². The van der Waals surface area contributed by atoms with Crippen molar-refractivity contribution < 1.29 is 14.7 Å². The summed E-state index contributed by atoms with van der Waals surface area (Å²) in [7, 11) is 0. The molecule has 0 radical (unpaired) electrons. The van der Waals surface area contributed by atoms with Gasteiger partial charge in [-0.2, -0.15) is 0 Å². The maximum atomic E-state index is 12.4. The van der Waals surface area contributed by atoms with Gasteiger partial charge in [0.25, 0.3) is 5.91 Å². The molecule has 1 N–H and O–H groups in total. The van der Waals surface area contributed by atoms with Crippen LogP contribution in [0.15, 0.2) is 41.6 Å². The molecule has 2 aromatic rings. The van der Waals surface area contributed by atoms with Crippen molar-refractivity contribution in [1.29, 1.82) is 0 Å². The van der Waals surface area contributed by atoms with Crippen molar-refractivity contribution in [3.63, 3.8) is 0 Å². The number of amides is 1. The second-order valence-electron chi connectivity index (χ2n) is 5.66. The molecule has 1 aliphatic heterocycles. The number of hydrogen-bond acceptors (Lipinski definition) is 5. The van der Waals surface area contributed by atoms with Crippen molar-refractivity contribution in [1.82, 2.24) is 14.9 Å². The van der Waals surface area contributed by atoms with E-state index < -0.39 is 5.97 Å². The fraction of sp³-hybridized carbons (Fsp3) is 0.294. The van der Waals surface area contributed by atoms with Gasteiger partial charge < -0.3 is 10.0 Å². The Kier molecular flexibility index (Phi) is 5.55. The predicted molar refractivity (Wildman–Crippen MR) is 95.2 cm³/mol. The summed E-state index contributed by atoms with van der Waals surface area (Å²) in [6, 6.07) is 7.76. The average Bonchev–Trinajstić information content (AvgIpc) is 2.64. The van der Waals surface area contributed by atoms with Crippen LogP contribution in [0.2, 0.25) is 5.02 Å². The zero-order chi connectivity index (χ0) is 17.8. The molecule has 2 heterocycles. The first-order chi connectivity index (χ1) is 12.0. The van der Waals surface area contributed by atoms with Crippen LogP contribution >= 0.6 is 23.4 Å². The number of thioether (sulfide) groups is 1. The predicted octanol–water partition coefficient (Wildman–Crippen LogP) is 3.23. The molecular formula is C17H16ClN3O3S. The summed E-state index contributed by atoms with van der Waals surface area (Å²) in [5, 5.41) is 9.99. The number of carbonyl (C=O) groups is 2. The highest BCUT2D eigenvalue weighted by atomic mass is 35.5. The van der Waals surface area contributed by atoms with Gasteiger partial charge >= 0.3 is 5.97 Å². The fourth-order valence-corrected chi connectivity index (χ4v) is 3.84. The number of benzene rings is 1. The van der Waals surface area contributed by atoms with Crippen LogP contribution in [0.4, 0.5) is 0 Å². The van der Waals surface area contributed by atoms with E-state index in [2.05, 4.69) is 9.97 Å². The van der Waals surface area contributed by atoms with E-state index in [0.29, 0.717) is 18.3 Å². The van der Waals surface area contributed by atoms with Gasteiger partial charge in [0.15, 0.2) is 5.69 Å². The van der Waals surface area contributed by atoms with Gasteiger partial charge in [0.1, 0.15) is 5.69 Å². The summed E-state index contributed by atoms with van der Waals surface area (Å²) in [6.07, 6.45) is 4.11. The molecule has 1 aromatic carbocycles. The van der Waals surface area contributed by atoms with Crippen molar-refractivity contribution in [2.24, 2.45) is 0 Å². The topological polar surface area (TPSA) is 83.4 Å². The van der Waals surface area contributed by atoms with Crippen molar-refractivity contribution in [3.8, 4) is 0 Å². The number of rotatable bonds is 4. The smallest absolute Gasteiger partial charge is 0.356 e. The third-order valence-electron chi connectivity index (χ3n) is 3.94. The first-order valence-electron chi connectivity index (χ1n) is 7.80. The van der Waals surface area contributed by atoms with E-state index in [1.165, 1.54) is 11.1 Å². The molecule has 25 heavy (non-hydrogen) atoms. The molecular weight excluding hydrogens is 362 g/mol. The second kappa shape index (κ2) is 7.84. The number of likely N-dealkylation sites (tertiary alicyclic amines) is 1. The van der Waals surface area contributed by atoms with E-state index >= 15 is 0 Å². The van der Waals surface area contributed by atoms with E-state index in [1.54, 1.807) is 16.7 Å². The molecule has 1 aromatic heterocycles. The molecule has 0 aliphatic carbocycles. The van der Waals surface area contributed by atoms with E-state index in [1.807, 2.05) is 24.3 Å². The van der Waals surface area contributed by atoms with Crippen LogP contribution in [-0.4, -0.2) is 50.2 Å². The van der Waals surface area contributed by atoms with Crippen LogP contribution in [0.3, 0.4) is 0 Å². The number of halogens is 1. The zero-order valence-corrected chi connectivity index (χ0v) is 14.8. The lowest BCUT2D eigenvalue weighted by molar-refractivity contribution is 0.0682. The van der Waals surface area contributed by atoms with E-state index in [4.69, 9.17) is 16.7 Å². The lowest BCUT2D eigenvalue weighted by Gasteiger charge is -2.31. The number of piperidine rings is 1. The lowest BCUT2D eigenvalue weighted by atomic mass is 10.1. The number of carbonyl (C=O) groups excluding carboxylic acids is 1. The standard InChI is InChI=1S/C17H16ClN3O3S/c18-11-1-3-12(4-2-11)25-13-5-7-21(8-6-13)16(22)14-9-20-15(10-19-14)17(23)24/h1-4,9-10,13H,5-8H2,(H,23,24). The Hall–Kier alpha value is -2.12. The number of hydrogen-bond donors (Lipinski definition) is 1. The minimum atomic E-state index is -1.16. The number of carboxylic acids is 1. The molecule has 0 spiro atoms. The average molecular weight is 378 g/mol. The number of nitrogens with zero attached hydrogens (tertiary/aromatic N) is 3. The lowest BCUT2D eigenvalue weighted by Crippen LogP contribution is -2.39. The first kappa shape index (κ1) is 17.7. The summed E-state index contributed by atoms with van der Waals surface area (Å²) >= 11 is 7.69. The van der Waals surface area contributed by atoms with Gasteiger partial charge in [-0.1, -0.05) is 11.6 Å². The quantitative estimate of drug-likeness (QED) is 0.880. The Morgan fingerprint density at radius 1 is 1.08 bits per heavy atom. The van der Waals surface area contributed by atoms with Crippen molar-refractivity contribution >= 4 is 35.2 Å². The van der Waals surface area contributed by atoms with Gasteiger partial charge in [0.05, 0.1) is 12.4 Å². The first-order valence-corrected chi connectivity index (χ1v) is 9.05. The van der Waals surface area contributed by atoms with Crippen LogP contribution < -0.4 is 0 Å². The van der Waals surface area contributed by atoms with E-state index in [0.717, 1.165) is 24.1 Å². The monoisotopic (exact) mass is 377 g/mol. The minimum Gasteiger partial charge on any atom is -0.476 e. The second-order valence-corrected chi connectivity index (χ2v) is 7.47. The summed E-state index contributed by atoms with van der Waals surface area (Å²) in [6.45, 7) is 1.29. The zero-order valence-electron chi connectivity index (χ0n) is 13.3. The van der Waals surface area contributed by atoms with Crippen molar-refractivity contribution in [3.05, 3.63) is 53.1 Å². The molecule has 0 unspecified atom stereocenters. The maximum Gasteiger partial charge on any atom is 0.356 e. The molecule has 1 fully saturated rings. The fourth-order valence-electron chi connectivity index (χ4n) is 2.59. The van der Waals surface area contributed by atoms with Crippen molar-refractivity contribution in [2.75, 3.05) is 13.1 Å². The van der Waals surface area contributed by atoms with Crippen LogP contribution in [0.1, 0.15) is 33.8 Å². The Bertz CT molecular complexity index is 760. The van der Waals surface area contributed by atoms with E-state index in [9.17, 15) is 9.59 Å². The Morgan fingerprint density at radius 2 is 1.68 bits per heavy atom. The molecule has 1 aliphatic rings. The number of aromatic carboxylic acids is 1. The third kappa shape index (κ3) is 4.49. The highest BCUT2D eigenvalue weighted by Gasteiger charge is 2.25. The van der Waals surface area contributed by atoms with Gasteiger partial charge in [-0.05, 0) is 37.1 Å². The number of aromatic nitrogens is 2. The van der Waals surface area contributed by atoms with Crippen LogP contribution in [0.25, 0.3) is 0 Å². The number of carboxylic acid groups (broad SMARTS) is 1. The largest absolute Gasteiger partial charge is 0.476 e. The molecule has 1 saturated heterocycles. The molecule has 130 valence electrons. The third-order valence-corrected chi connectivity index (χ3v) is 5.54. The van der Waals surface area contributed by atoms with Crippen LogP contribution in [-0.2, 0) is 0 Å². The van der Waals surface area contributed by atoms with E-state index in [-0.39, 0.29) is 17.3 Å². The Labute approximate surface area is 154 Å². The summed E-state index contributed by atoms with van der Waals surface area (Å²) in [4.78, 5) is 33.8. The van der Waals surface area contributed by atoms with Gasteiger partial charge in [0.2, 0.25) is 0 Å². The molecule has 0 bridgehead atoms. The molecule has 0 saturated carbocycles. The molecule has 1 amide bonds. The molecule has 8 heteroatoms. The SMILES string of the molecule is O=C(O)c1cnc(C(=O)N2CCC(Sc3ccc(Cl)cc3)CC2)cn1. The Morgan fingerprint density at radius 3 is 2.24 bits per heavy atom. The minimum absolute atomic E-state index is 0.172. The summed E-state index contributed by atoms with van der Waals surface area (Å²) in [5.41, 5.74) is 0.00317. The van der Waals surface area contributed by atoms with Gasteiger partial charge in [0, 0.05) is 28.3 Å². The Balaban J connectivity index is 1.55. The maximum absolute atomic E-state index is 12.4. The molecule has 0 atom stereocenters. The summed E-state index contributed by atoms with van der Waals surface area (Å²) < 4.78 is 0. The van der Waals surface area contributed by atoms with Crippen LogP contribution in [0, 0.1) is 0 Å². The normalized spacial score (nSPS) is 15.2.